The van der Waals surface area contributed by atoms with Crippen LogP contribution in [0.2, 0.25) is 0 Å². The molecule has 128 valence electrons. The molecule has 1 unspecified atom stereocenters. The van der Waals surface area contributed by atoms with Gasteiger partial charge in [-0.3, -0.25) is 0 Å². The van der Waals surface area contributed by atoms with Crippen LogP contribution >= 0.6 is 0 Å². The highest BCUT2D eigenvalue weighted by Crippen LogP contribution is 2.20. The number of rotatable bonds is 5. The SMILES string of the molecule is Fc1cccc(OCC2CCCN(CC3COCCOC3)C2)c1. The first-order valence-electron chi connectivity index (χ1n) is 8.56. The van der Waals surface area contributed by atoms with Crippen LogP contribution in [0.3, 0.4) is 0 Å². The summed E-state index contributed by atoms with van der Waals surface area (Å²) >= 11 is 0. The highest BCUT2D eigenvalue weighted by molar-refractivity contribution is 5.22. The molecule has 3 rings (SSSR count). The average molecular weight is 323 g/mol. The zero-order chi connectivity index (χ0) is 15.9. The van der Waals surface area contributed by atoms with Gasteiger partial charge in [0.05, 0.1) is 33.0 Å². The van der Waals surface area contributed by atoms with E-state index in [9.17, 15) is 4.39 Å². The van der Waals surface area contributed by atoms with Crippen molar-refractivity contribution in [3.8, 4) is 5.75 Å². The summed E-state index contributed by atoms with van der Waals surface area (Å²) in [6.45, 7) is 6.84. The van der Waals surface area contributed by atoms with E-state index in [0.717, 1.165) is 32.8 Å². The zero-order valence-electron chi connectivity index (χ0n) is 13.6. The van der Waals surface area contributed by atoms with Gasteiger partial charge in [-0.25, -0.2) is 4.39 Å². The number of ether oxygens (including phenoxy) is 3. The van der Waals surface area contributed by atoms with Gasteiger partial charge in [-0.05, 0) is 31.5 Å². The molecule has 1 atom stereocenters. The summed E-state index contributed by atoms with van der Waals surface area (Å²) in [6, 6.07) is 6.38. The maximum atomic E-state index is 13.2. The molecule has 0 radical (unpaired) electrons. The number of hydrogen-bond donors (Lipinski definition) is 0. The van der Waals surface area contributed by atoms with Gasteiger partial charge in [0.1, 0.15) is 11.6 Å². The lowest BCUT2D eigenvalue weighted by Gasteiger charge is -2.34. The number of piperidine rings is 1. The molecule has 0 spiro atoms. The van der Waals surface area contributed by atoms with Crippen LogP contribution in [0.1, 0.15) is 12.8 Å². The van der Waals surface area contributed by atoms with E-state index in [1.807, 2.05) is 6.07 Å². The third-order valence-corrected chi connectivity index (χ3v) is 4.48. The summed E-state index contributed by atoms with van der Waals surface area (Å²) in [5, 5.41) is 0. The Morgan fingerprint density at radius 3 is 2.78 bits per heavy atom. The van der Waals surface area contributed by atoms with Crippen molar-refractivity contribution < 1.29 is 18.6 Å². The van der Waals surface area contributed by atoms with Gasteiger partial charge < -0.3 is 19.1 Å². The molecular weight excluding hydrogens is 297 g/mol. The van der Waals surface area contributed by atoms with E-state index in [-0.39, 0.29) is 5.82 Å². The molecule has 2 heterocycles. The van der Waals surface area contributed by atoms with Crippen LogP contribution in [0, 0.1) is 17.7 Å². The molecule has 0 aliphatic carbocycles. The summed E-state index contributed by atoms with van der Waals surface area (Å²) in [4.78, 5) is 2.49. The molecule has 0 aromatic heterocycles. The van der Waals surface area contributed by atoms with Gasteiger partial charge in [-0.2, -0.15) is 0 Å². The van der Waals surface area contributed by atoms with Crippen molar-refractivity contribution >= 4 is 0 Å². The Morgan fingerprint density at radius 1 is 1.17 bits per heavy atom. The molecule has 1 aromatic carbocycles. The van der Waals surface area contributed by atoms with E-state index in [4.69, 9.17) is 14.2 Å². The molecule has 2 aliphatic heterocycles. The molecule has 4 nitrogen and oxygen atoms in total. The van der Waals surface area contributed by atoms with E-state index in [1.54, 1.807) is 6.07 Å². The molecular formula is C18H26FNO3. The smallest absolute Gasteiger partial charge is 0.126 e. The Bertz CT molecular complexity index is 477. The second-order valence-electron chi connectivity index (χ2n) is 6.55. The second kappa shape index (κ2) is 8.62. The predicted molar refractivity (Wildman–Crippen MR) is 86.2 cm³/mol. The largest absolute Gasteiger partial charge is 0.493 e. The fourth-order valence-corrected chi connectivity index (χ4v) is 3.36. The number of benzene rings is 1. The predicted octanol–water partition coefficient (Wildman–Crippen LogP) is 2.58. The molecule has 23 heavy (non-hydrogen) atoms. The van der Waals surface area contributed by atoms with Gasteiger partial charge in [0.25, 0.3) is 0 Å². The number of likely N-dealkylation sites (tertiary alicyclic amines) is 1. The van der Waals surface area contributed by atoms with E-state index in [2.05, 4.69) is 4.90 Å². The zero-order valence-corrected chi connectivity index (χ0v) is 13.6. The Labute approximate surface area is 137 Å². The third kappa shape index (κ3) is 5.44. The number of nitrogens with zero attached hydrogens (tertiary/aromatic N) is 1. The van der Waals surface area contributed by atoms with Crippen molar-refractivity contribution in [1.29, 1.82) is 0 Å². The maximum absolute atomic E-state index is 13.2. The van der Waals surface area contributed by atoms with Gasteiger partial charge in [-0.1, -0.05) is 6.07 Å². The van der Waals surface area contributed by atoms with Gasteiger partial charge in [0.15, 0.2) is 0 Å². The molecule has 0 N–H and O–H groups in total. The van der Waals surface area contributed by atoms with Crippen LogP contribution < -0.4 is 4.74 Å². The lowest BCUT2D eigenvalue weighted by atomic mass is 9.98. The van der Waals surface area contributed by atoms with Crippen LogP contribution in [0.5, 0.6) is 5.75 Å². The Morgan fingerprint density at radius 2 is 2.00 bits per heavy atom. The maximum Gasteiger partial charge on any atom is 0.126 e. The summed E-state index contributed by atoms with van der Waals surface area (Å²) in [5.41, 5.74) is 0. The Hall–Kier alpha value is -1.17. The third-order valence-electron chi connectivity index (χ3n) is 4.48. The second-order valence-corrected chi connectivity index (χ2v) is 6.55. The summed E-state index contributed by atoms with van der Waals surface area (Å²) in [5.74, 6) is 1.33. The number of hydrogen-bond acceptors (Lipinski definition) is 4. The Balaban J connectivity index is 1.44. The van der Waals surface area contributed by atoms with Gasteiger partial charge in [0, 0.05) is 31.0 Å². The quantitative estimate of drug-likeness (QED) is 0.833. The van der Waals surface area contributed by atoms with E-state index in [1.165, 1.54) is 25.0 Å². The molecule has 2 saturated heterocycles. The van der Waals surface area contributed by atoms with Crippen molar-refractivity contribution in [2.45, 2.75) is 12.8 Å². The first-order valence-corrected chi connectivity index (χ1v) is 8.56. The monoisotopic (exact) mass is 323 g/mol. The normalized spacial score (nSPS) is 24.3. The summed E-state index contributed by atoms with van der Waals surface area (Å²) in [6.07, 6.45) is 2.36. The van der Waals surface area contributed by atoms with Crippen molar-refractivity contribution in [3.63, 3.8) is 0 Å². The van der Waals surface area contributed by atoms with Crippen LogP contribution in [0.4, 0.5) is 4.39 Å². The lowest BCUT2D eigenvalue weighted by molar-refractivity contribution is 0.0731. The Kier molecular flexibility index (Phi) is 6.25. The fourth-order valence-electron chi connectivity index (χ4n) is 3.36. The average Bonchev–Trinajstić information content (AvgIpc) is 2.82. The molecule has 1 aromatic rings. The topological polar surface area (TPSA) is 30.9 Å². The van der Waals surface area contributed by atoms with Crippen molar-refractivity contribution in [1.82, 2.24) is 4.90 Å². The molecule has 0 amide bonds. The molecule has 0 bridgehead atoms. The minimum atomic E-state index is -0.249. The minimum Gasteiger partial charge on any atom is -0.493 e. The lowest BCUT2D eigenvalue weighted by Crippen LogP contribution is -2.41. The molecule has 0 saturated carbocycles. The first-order chi connectivity index (χ1) is 11.3. The first kappa shape index (κ1) is 16.7. The fraction of sp³-hybridized carbons (Fsp3) is 0.667. The highest BCUT2D eigenvalue weighted by Gasteiger charge is 2.24. The van der Waals surface area contributed by atoms with Gasteiger partial charge in [0.2, 0.25) is 0 Å². The van der Waals surface area contributed by atoms with E-state index >= 15 is 0 Å². The van der Waals surface area contributed by atoms with Crippen molar-refractivity contribution in [2.24, 2.45) is 11.8 Å². The van der Waals surface area contributed by atoms with E-state index < -0.39 is 0 Å². The van der Waals surface area contributed by atoms with Crippen LogP contribution in [0.15, 0.2) is 24.3 Å². The van der Waals surface area contributed by atoms with Crippen LogP contribution in [0.25, 0.3) is 0 Å². The molecule has 2 fully saturated rings. The summed E-state index contributed by atoms with van der Waals surface area (Å²) < 4.78 is 30.1. The van der Waals surface area contributed by atoms with Gasteiger partial charge >= 0.3 is 0 Å². The van der Waals surface area contributed by atoms with E-state index in [0.29, 0.717) is 37.4 Å². The van der Waals surface area contributed by atoms with Crippen molar-refractivity contribution in [3.05, 3.63) is 30.1 Å². The van der Waals surface area contributed by atoms with Gasteiger partial charge in [-0.15, -0.1) is 0 Å². The summed E-state index contributed by atoms with van der Waals surface area (Å²) in [7, 11) is 0. The molecule has 2 aliphatic rings. The highest BCUT2D eigenvalue weighted by atomic mass is 19.1. The van der Waals surface area contributed by atoms with Crippen LogP contribution in [-0.4, -0.2) is 57.6 Å². The minimum absolute atomic E-state index is 0.249. The standard InChI is InChI=1S/C18H26FNO3/c19-17-4-1-5-18(9-17)23-14-15-3-2-6-20(10-15)11-16-12-21-7-8-22-13-16/h1,4-5,9,15-16H,2-3,6-8,10-14H2. The van der Waals surface area contributed by atoms with Crippen molar-refractivity contribution in [2.75, 3.05) is 52.7 Å². The number of halogens is 1. The molecule has 5 heteroatoms. The van der Waals surface area contributed by atoms with Crippen LogP contribution in [-0.2, 0) is 9.47 Å².